The van der Waals surface area contributed by atoms with Gasteiger partial charge in [-0.2, -0.15) is 10.5 Å². The Hall–Kier alpha value is -5.73. The van der Waals surface area contributed by atoms with Crippen molar-refractivity contribution in [1.82, 2.24) is 4.57 Å². The summed E-state index contributed by atoms with van der Waals surface area (Å²) in [6, 6.07) is 20.7. The van der Waals surface area contributed by atoms with E-state index in [-0.39, 0.29) is 33.7 Å². The molecular weight excluding hydrogens is 492 g/mol. The largest absolute Gasteiger partial charge is 0.494 e. The number of carbonyl (C=O) groups excluding carboxylic acids is 2. The Balaban J connectivity index is 1.71. The fourth-order valence-corrected chi connectivity index (χ4v) is 4.23. The summed E-state index contributed by atoms with van der Waals surface area (Å²) in [7, 11) is 0. The number of nitrogens with zero attached hydrogens (tertiary/aromatic N) is 4. The summed E-state index contributed by atoms with van der Waals surface area (Å²) in [4.78, 5) is 39.9. The highest BCUT2D eigenvalue weighted by atomic mass is 16.3. The van der Waals surface area contributed by atoms with Crippen molar-refractivity contribution in [3.63, 3.8) is 0 Å². The first-order chi connectivity index (χ1) is 18.8. The molecule has 0 aliphatic carbocycles. The van der Waals surface area contributed by atoms with Crippen molar-refractivity contribution in [2.45, 2.75) is 13.8 Å². The van der Waals surface area contributed by atoms with Crippen molar-refractivity contribution in [2.24, 2.45) is 0 Å². The third-order valence-corrected chi connectivity index (χ3v) is 6.28. The number of amides is 2. The number of nitriles is 2. The Morgan fingerprint density at radius 3 is 2.00 bits per heavy atom. The number of allylic oxidation sites excluding steroid dienone is 4. The van der Waals surface area contributed by atoms with Gasteiger partial charge in [-0.1, -0.05) is 54.6 Å². The van der Waals surface area contributed by atoms with Gasteiger partial charge in [0.05, 0.1) is 11.4 Å². The zero-order chi connectivity index (χ0) is 28.1. The third kappa shape index (κ3) is 4.83. The minimum atomic E-state index is -0.681. The van der Waals surface area contributed by atoms with Crippen molar-refractivity contribution in [2.75, 3.05) is 4.90 Å². The van der Waals surface area contributed by atoms with Crippen LogP contribution in [0.3, 0.4) is 0 Å². The minimum Gasteiger partial charge on any atom is -0.494 e. The van der Waals surface area contributed by atoms with E-state index in [1.165, 1.54) is 6.08 Å². The Labute approximate surface area is 224 Å². The van der Waals surface area contributed by atoms with Crippen LogP contribution < -0.4 is 10.5 Å². The van der Waals surface area contributed by atoms with Gasteiger partial charge in [-0.05, 0) is 61.4 Å². The summed E-state index contributed by atoms with van der Waals surface area (Å²) in [6.07, 6.45) is 7.78. The maximum atomic E-state index is 13.2. The molecule has 2 heterocycles. The zero-order valence-corrected chi connectivity index (χ0v) is 21.1. The Morgan fingerprint density at radius 2 is 1.41 bits per heavy atom. The van der Waals surface area contributed by atoms with Crippen LogP contribution in [0.5, 0.6) is 5.88 Å². The van der Waals surface area contributed by atoms with E-state index in [1.807, 2.05) is 12.1 Å². The molecule has 4 rings (SSSR count). The van der Waals surface area contributed by atoms with Crippen molar-refractivity contribution < 1.29 is 14.7 Å². The molecule has 2 amide bonds. The highest BCUT2D eigenvalue weighted by Gasteiger charge is 2.36. The first-order valence-corrected chi connectivity index (χ1v) is 11.9. The number of anilines is 1. The van der Waals surface area contributed by atoms with E-state index < -0.39 is 17.4 Å². The van der Waals surface area contributed by atoms with Crippen LogP contribution in [0.2, 0.25) is 0 Å². The second-order valence-electron chi connectivity index (χ2n) is 8.54. The van der Waals surface area contributed by atoms with Gasteiger partial charge in [-0.15, -0.1) is 0 Å². The van der Waals surface area contributed by atoms with Crippen molar-refractivity contribution in [3.8, 4) is 23.7 Å². The van der Waals surface area contributed by atoms with Crippen LogP contribution in [-0.4, -0.2) is 21.5 Å². The van der Waals surface area contributed by atoms with Crippen LogP contribution in [0.15, 0.2) is 106 Å². The van der Waals surface area contributed by atoms with E-state index in [0.29, 0.717) is 16.9 Å². The summed E-state index contributed by atoms with van der Waals surface area (Å²) >= 11 is 0. The maximum Gasteiger partial charge on any atom is 0.276 e. The van der Waals surface area contributed by atoms with Crippen LogP contribution in [-0.2, 0) is 9.59 Å². The van der Waals surface area contributed by atoms with Gasteiger partial charge in [0.25, 0.3) is 17.4 Å². The number of carbonyl (C=O) groups is 2. The van der Waals surface area contributed by atoms with Gasteiger partial charge < -0.3 is 5.11 Å². The average Bonchev–Trinajstić information content (AvgIpc) is 2.93. The van der Waals surface area contributed by atoms with Crippen LogP contribution in [0.4, 0.5) is 5.69 Å². The van der Waals surface area contributed by atoms with Crippen molar-refractivity contribution in [1.29, 1.82) is 10.5 Å². The molecule has 0 radical (unpaired) electrons. The van der Waals surface area contributed by atoms with Gasteiger partial charge in [0.15, 0.2) is 0 Å². The lowest BCUT2D eigenvalue weighted by Crippen LogP contribution is -2.42. The van der Waals surface area contributed by atoms with E-state index >= 15 is 0 Å². The quantitative estimate of drug-likeness (QED) is 0.300. The van der Waals surface area contributed by atoms with E-state index in [4.69, 9.17) is 0 Å². The second-order valence-corrected chi connectivity index (χ2v) is 8.54. The van der Waals surface area contributed by atoms with E-state index in [2.05, 4.69) is 0 Å². The maximum absolute atomic E-state index is 13.2. The molecule has 0 bridgehead atoms. The number of para-hydroxylation sites is 2. The molecule has 0 atom stereocenters. The number of hydrogen-bond acceptors (Lipinski definition) is 6. The molecule has 3 aromatic rings. The lowest BCUT2D eigenvalue weighted by Gasteiger charge is -2.27. The summed E-state index contributed by atoms with van der Waals surface area (Å²) in [5, 5.41) is 30.1. The molecule has 0 saturated carbocycles. The topological polar surface area (TPSA) is 127 Å². The number of benzene rings is 2. The molecule has 1 N–H and O–H groups in total. The van der Waals surface area contributed by atoms with Gasteiger partial charge >= 0.3 is 0 Å². The molecule has 1 aliphatic heterocycles. The van der Waals surface area contributed by atoms with Crippen LogP contribution in [0, 0.1) is 29.6 Å². The fourth-order valence-electron chi connectivity index (χ4n) is 4.23. The Morgan fingerprint density at radius 1 is 0.795 bits per heavy atom. The second kappa shape index (κ2) is 11.1. The number of pyridine rings is 1. The molecule has 39 heavy (non-hydrogen) atoms. The minimum absolute atomic E-state index is 0.0920. The van der Waals surface area contributed by atoms with Gasteiger partial charge in [-0.3, -0.25) is 14.4 Å². The van der Waals surface area contributed by atoms with Crippen LogP contribution in [0.25, 0.3) is 11.8 Å². The Kier molecular flexibility index (Phi) is 7.51. The predicted molar refractivity (Wildman–Crippen MR) is 147 cm³/mol. The average molecular weight is 515 g/mol. The molecule has 8 nitrogen and oxygen atoms in total. The molecule has 1 aromatic heterocycles. The van der Waals surface area contributed by atoms with Gasteiger partial charge in [0.1, 0.15) is 23.3 Å². The lowest BCUT2D eigenvalue weighted by molar-refractivity contribution is -0.122. The normalized spacial score (nSPS) is 14.9. The monoisotopic (exact) mass is 514 g/mol. The number of hydrogen-bond donors (Lipinski definition) is 1. The van der Waals surface area contributed by atoms with Crippen molar-refractivity contribution >= 4 is 23.6 Å². The highest BCUT2D eigenvalue weighted by Crippen LogP contribution is 2.29. The molecule has 2 aromatic carbocycles. The lowest BCUT2D eigenvalue weighted by atomic mass is 9.94. The molecule has 0 spiro atoms. The van der Waals surface area contributed by atoms with Gasteiger partial charge in [-0.25, -0.2) is 9.47 Å². The molecule has 1 aliphatic rings. The number of aromatic nitrogens is 1. The predicted octanol–water partition coefficient (Wildman–Crippen LogP) is 4.63. The summed E-state index contributed by atoms with van der Waals surface area (Å²) in [5.41, 5.74) is 0.994. The number of rotatable bonds is 5. The number of imide groups is 1. The third-order valence-electron chi connectivity index (χ3n) is 6.28. The fraction of sp³-hybridized carbons (Fsp3) is 0.0645. The molecule has 8 heteroatoms. The number of aromatic hydroxyl groups is 1. The summed E-state index contributed by atoms with van der Waals surface area (Å²) < 4.78 is 1.07. The van der Waals surface area contributed by atoms with Crippen LogP contribution in [0.1, 0.15) is 23.6 Å². The SMILES string of the molecule is CC1=C(C#N)C(=O)N(c2ccccc2)C(=O)/C1=C\C=CC=Cc1c(C)c(C#N)c(=O)n(-c2ccccc2)c1O. The van der Waals surface area contributed by atoms with E-state index in [1.54, 1.807) is 98.8 Å². The van der Waals surface area contributed by atoms with Gasteiger partial charge in [0.2, 0.25) is 5.88 Å². The molecule has 0 fully saturated rings. The highest BCUT2D eigenvalue weighted by molar-refractivity contribution is 6.31. The first kappa shape index (κ1) is 26.3. The van der Waals surface area contributed by atoms with Crippen LogP contribution >= 0.6 is 0 Å². The smallest absolute Gasteiger partial charge is 0.276 e. The van der Waals surface area contributed by atoms with Crippen molar-refractivity contribution in [3.05, 3.63) is 129 Å². The molecule has 190 valence electrons. The summed E-state index contributed by atoms with van der Waals surface area (Å²) in [6.45, 7) is 3.12. The first-order valence-electron chi connectivity index (χ1n) is 11.9. The summed E-state index contributed by atoms with van der Waals surface area (Å²) in [5.74, 6) is -1.55. The van der Waals surface area contributed by atoms with E-state index in [9.17, 15) is 30.0 Å². The van der Waals surface area contributed by atoms with Gasteiger partial charge in [0, 0.05) is 11.1 Å². The molecular formula is C31H22N4O4. The van der Waals surface area contributed by atoms with E-state index in [0.717, 1.165) is 9.47 Å². The molecule has 0 saturated heterocycles. The standard InChI is InChI=1S/C31H22N4O4/c1-20-24(28(36)34(30(38)26(20)18-32)22-12-6-3-7-13-22)16-10-5-11-17-25-21(2)27(19-33)31(39)35(29(25)37)23-14-8-4-9-15-23/h3-17,36H,1-2H3/b11-5?,16-10?,25-17-. The Bertz CT molecular complexity index is 1750. The molecule has 0 unspecified atom stereocenters. The zero-order valence-electron chi connectivity index (χ0n) is 21.1.